The number of amides is 1. The van der Waals surface area contributed by atoms with E-state index in [0.29, 0.717) is 11.1 Å². The Bertz CT molecular complexity index is 829. The molecule has 1 amide bonds. The van der Waals surface area contributed by atoms with Crippen LogP contribution in [-0.2, 0) is 4.79 Å². The highest BCUT2D eigenvalue weighted by Gasteiger charge is 2.13. The highest BCUT2D eigenvalue weighted by Crippen LogP contribution is 2.27. The summed E-state index contributed by atoms with van der Waals surface area (Å²) in [5.74, 6) is 1.37. The zero-order chi connectivity index (χ0) is 17.6. The summed E-state index contributed by atoms with van der Waals surface area (Å²) in [4.78, 5) is 17.7. The van der Waals surface area contributed by atoms with E-state index in [2.05, 4.69) is 40.4 Å². The maximum absolute atomic E-state index is 12.3. The molecule has 0 saturated carbocycles. The molecule has 3 rings (SSSR count). The van der Waals surface area contributed by atoms with Crippen molar-refractivity contribution in [3.63, 3.8) is 0 Å². The third-order valence-corrected chi connectivity index (χ3v) is 5.65. The molecule has 5 nitrogen and oxygen atoms in total. The monoisotopic (exact) mass is 372 g/mol. The van der Waals surface area contributed by atoms with Crippen LogP contribution in [-0.4, -0.2) is 26.8 Å². The first-order chi connectivity index (χ1) is 12.2. The van der Waals surface area contributed by atoms with Gasteiger partial charge in [-0.05, 0) is 35.4 Å². The van der Waals surface area contributed by atoms with Crippen LogP contribution in [0.15, 0.2) is 46.9 Å². The number of thioether (sulfide) groups is 1. The van der Waals surface area contributed by atoms with Gasteiger partial charge >= 0.3 is 0 Å². The van der Waals surface area contributed by atoms with Crippen LogP contribution in [0.2, 0.25) is 0 Å². The lowest BCUT2D eigenvalue weighted by atomic mass is 9.97. The van der Waals surface area contributed by atoms with E-state index in [9.17, 15) is 4.79 Å². The van der Waals surface area contributed by atoms with E-state index in [-0.39, 0.29) is 11.7 Å². The molecule has 0 radical (unpaired) electrons. The summed E-state index contributed by atoms with van der Waals surface area (Å²) in [7, 11) is 0. The molecule has 0 unspecified atom stereocenters. The molecule has 0 aliphatic rings. The van der Waals surface area contributed by atoms with Gasteiger partial charge in [0.1, 0.15) is 0 Å². The maximum Gasteiger partial charge on any atom is 0.234 e. The Balaban J connectivity index is 1.59. The summed E-state index contributed by atoms with van der Waals surface area (Å²) in [5, 5.41) is 12.7. The molecule has 2 N–H and O–H groups in total. The Kier molecular flexibility index (Phi) is 5.88. The predicted molar refractivity (Wildman–Crippen MR) is 104 cm³/mol. The average molecular weight is 373 g/mol. The fourth-order valence-electron chi connectivity index (χ4n) is 2.41. The molecule has 25 heavy (non-hydrogen) atoms. The minimum Gasteiger partial charge on any atom is -0.325 e. The number of nitrogens with zero attached hydrogens (tertiary/aromatic N) is 2. The second-order valence-corrected chi connectivity index (χ2v) is 7.57. The van der Waals surface area contributed by atoms with Crippen molar-refractivity contribution in [2.24, 2.45) is 0 Å². The molecule has 1 atom stereocenters. The number of benzene rings is 1. The molecule has 2 aromatic heterocycles. The molecule has 0 aliphatic carbocycles. The minimum absolute atomic E-state index is 0.0526. The Morgan fingerprint density at radius 3 is 2.92 bits per heavy atom. The van der Waals surface area contributed by atoms with Crippen molar-refractivity contribution in [3.8, 4) is 10.7 Å². The number of aromatic amines is 1. The van der Waals surface area contributed by atoms with Crippen molar-refractivity contribution >= 4 is 34.7 Å². The number of thiophene rings is 1. The van der Waals surface area contributed by atoms with E-state index in [1.165, 1.54) is 17.3 Å². The van der Waals surface area contributed by atoms with Gasteiger partial charge in [-0.15, -0.1) is 16.4 Å². The van der Waals surface area contributed by atoms with E-state index < -0.39 is 0 Å². The van der Waals surface area contributed by atoms with Crippen LogP contribution in [0.4, 0.5) is 5.69 Å². The minimum atomic E-state index is -0.0526. The molecule has 3 aromatic rings. The summed E-state index contributed by atoms with van der Waals surface area (Å²) in [6, 6.07) is 11.9. The molecule has 0 spiro atoms. The molecule has 130 valence electrons. The van der Waals surface area contributed by atoms with E-state index in [1.54, 1.807) is 11.3 Å². The number of carbonyl (C=O) groups excluding carboxylic acids is 1. The van der Waals surface area contributed by atoms with Crippen LogP contribution in [0.3, 0.4) is 0 Å². The van der Waals surface area contributed by atoms with Crippen LogP contribution >= 0.6 is 23.1 Å². The first kappa shape index (κ1) is 17.7. The Morgan fingerprint density at radius 2 is 2.16 bits per heavy atom. The zero-order valence-electron chi connectivity index (χ0n) is 14.2. The third-order valence-electron chi connectivity index (χ3n) is 3.93. The fourth-order valence-corrected chi connectivity index (χ4v) is 3.67. The summed E-state index contributed by atoms with van der Waals surface area (Å²) in [5.41, 5.74) is 2.05. The number of aromatic nitrogens is 3. The Hall–Kier alpha value is -2.12. The molecule has 0 bridgehead atoms. The van der Waals surface area contributed by atoms with Gasteiger partial charge in [0.15, 0.2) is 5.82 Å². The normalized spacial score (nSPS) is 12.1. The van der Waals surface area contributed by atoms with E-state index >= 15 is 0 Å². The maximum atomic E-state index is 12.3. The van der Waals surface area contributed by atoms with Crippen molar-refractivity contribution in [1.29, 1.82) is 0 Å². The van der Waals surface area contributed by atoms with Crippen molar-refractivity contribution in [3.05, 3.63) is 47.3 Å². The van der Waals surface area contributed by atoms with Crippen LogP contribution in [0.25, 0.3) is 10.7 Å². The molecular formula is C18H20N4OS2. The molecule has 2 heterocycles. The Labute approximate surface area is 155 Å². The number of nitrogens with one attached hydrogen (secondary N) is 2. The van der Waals surface area contributed by atoms with Gasteiger partial charge in [-0.25, -0.2) is 4.98 Å². The topological polar surface area (TPSA) is 70.7 Å². The highest BCUT2D eigenvalue weighted by atomic mass is 32.2. The van der Waals surface area contributed by atoms with Gasteiger partial charge in [-0.2, -0.15) is 0 Å². The van der Waals surface area contributed by atoms with Crippen LogP contribution < -0.4 is 5.32 Å². The summed E-state index contributed by atoms with van der Waals surface area (Å²) >= 11 is 2.92. The number of para-hydroxylation sites is 1. The fraction of sp³-hybridized carbons (Fsp3) is 0.278. The van der Waals surface area contributed by atoms with Gasteiger partial charge in [0.25, 0.3) is 0 Å². The van der Waals surface area contributed by atoms with Gasteiger partial charge in [0.05, 0.1) is 10.6 Å². The van der Waals surface area contributed by atoms with Crippen LogP contribution in [0.5, 0.6) is 0 Å². The molecule has 0 fully saturated rings. The zero-order valence-corrected chi connectivity index (χ0v) is 15.8. The number of H-pyrrole nitrogens is 1. The van der Waals surface area contributed by atoms with Crippen molar-refractivity contribution < 1.29 is 4.79 Å². The number of hydrogen-bond donors (Lipinski definition) is 2. The third kappa shape index (κ3) is 4.49. The lowest BCUT2D eigenvalue weighted by molar-refractivity contribution is -0.113. The van der Waals surface area contributed by atoms with Gasteiger partial charge in [-0.1, -0.05) is 49.9 Å². The first-order valence-electron chi connectivity index (χ1n) is 8.15. The van der Waals surface area contributed by atoms with E-state index in [4.69, 9.17) is 0 Å². The quantitative estimate of drug-likeness (QED) is 0.586. The number of carbonyl (C=O) groups is 1. The number of anilines is 1. The summed E-state index contributed by atoms with van der Waals surface area (Å²) in [6.07, 6.45) is 1.03. The predicted octanol–water partition coefficient (Wildman–Crippen LogP) is 4.78. The lowest BCUT2D eigenvalue weighted by Gasteiger charge is -2.15. The second-order valence-electron chi connectivity index (χ2n) is 5.68. The van der Waals surface area contributed by atoms with Crippen molar-refractivity contribution in [1.82, 2.24) is 15.2 Å². The number of rotatable bonds is 7. The summed E-state index contributed by atoms with van der Waals surface area (Å²) < 4.78 is 0. The SMILES string of the molecule is CC[C@H](C)c1ccccc1NC(=O)CSc1n[nH]c(-c2cccs2)n1. The molecular weight excluding hydrogens is 352 g/mol. The standard InChI is InChI=1S/C18H20N4OS2/c1-3-12(2)13-7-4-5-8-14(13)19-16(23)11-25-18-20-17(21-22-18)15-9-6-10-24-15/h4-10,12H,3,11H2,1-2H3,(H,19,23)(H,20,21,22)/t12-/m0/s1. The van der Waals surface area contributed by atoms with Gasteiger partial charge < -0.3 is 5.32 Å². The largest absolute Gasteiger partial charge is 0.325 e. The van der Waals surface area contributed by atoms with Crippen molar-refractivity contribution in [2.45, 2.75) is 31.3 Å². The molecule has 0 aliphatic heterocycles. The van der Waals surface area contributed by atoms with E-state index in [1.807, 2.05) is 35.7 Å². The highest BCUT2D eigenvalue weighted by molar-refractivity contribution is 7.99. The van der Waals surface area contributed by atoms with Crippen LogP contribution in [0.1, 0.15) is 31.7 Å². The van der Waals surface area contributed by atoms with Gasteiger partial charge in [-0.3, -0.25) is 9.89 Å². The Morgan fingerprint density at radius 1 is 1.32 bits per heavy atom. The average Bonchev–Trinajstić information content (AvgIpc) is 3.31. The van der Waals surface area contributed by atoms with Crippen molar-refractivity contribution in [2.75, 3.05) is 11.1 Å². The number of hydrogen-bond acceptors (Lipinski definition) is 5. The molecule has 1 aromatic carbocycles. The smallest absolute Gasteiger partial charge is 0.234 e. The van der Waals surface area contributed by atoms with Gasteiger partial charge in [0, 0.05) is 5.69 Å². The van der Waals surface area contributed by atoms with Gasteiger partial charge in [0.2, 0.25) is 11.1 Å². The first-order valence-corrected chi connectivity index (χ1v) is 10.0. The lowest BCUT2D eigenvalue weighted by Crippen LogP contribution is -2.16. The summed E-state index contributed by atoms with van der Waals surface area (Å²) in [6.45, 7) is 4.31. The van der Waals surface area contributed by atoms with Crippen LogP contribution in [0, 0.1) is 0 Å². The second kappa shape index (κ2) is 8.31. The molecule has 0 saturated heterocycles. The molecule has 7 heteroatoms. The van der Waals surface area contributed by atoms with E-state index in [0.717, 1.165) is 22.8 Å².